The molecule has 2 nitrogen and oxygen atoms in total. The van der Waals surface area contributed by atoms with Crippen LogP contribution in [0.2, 0.25) is 0 Å². The van der Waals surface area contributed by atoms with E-state index in [1.54, 1.807) is 0 Å². The van der Waals surface area contributed by atoms with Gasteiger partial charge in [0.25, 0.3) is 0 Å². The number of benzene rings is 1. The second kappa shape index (κ2) is 4.87. The Bertz CT molecular complexity index is 274. The molecule has 1 rings (SSSR count). The van der Waals surface area contributed by atoms with Crippen molar-refractivity contribution in [3.8, 4) is 0 Å². The number of amides is 1. The number of hydrogen-bond acceptors (Lipinski definition) is 1. The summed E-state index contributed by atoms with van der Waals surface area (Å²) in [6, 6.07) is 9.57. The standard InChI is InChI=1S/C10H12ClNO/c1-2-12(11)10(13)8-9-6-4-3-5-7-9/h3-7H,2,8H2,1H3. The highest BCUT2D eigenvalue weighted by molar-refractivity contribution is 6.21. The van der Waals surface area contributed by atoms with E-state index in [4.69, 9.17) is 11.8 Å². The summed E-state index contributed by atoms with van der Waals surface area (Å²) in [5.74, 6) is -0.0598. The van der Waals surface area contributed by atoms with Crippen LogP contribution in [0, 0.1) is 0 Å². The first-order chi connectivity index (χ1) is 6.24. The van der Waals surface area contributed by atoms with E-state index in [1.807, 2.05) is 37.3 Å². The zero-order valence-corrected chi connectivity index (χ0v) is 8.29. The van der Waals surface area contributed by atoms with Crippen LogP contribution in [0.3, 0.4) is 0 Å². The molecule has 1 aromatic rings. The van der Waals surface area contributed by atoms with Gasteiger partial charge in [-0.15, -0.1) is 0 Å². The predicted molar refractivity (Wildman–Crippen MR) is 53.4 cm³/mol. The fourth-order valence-corrected chi connectivity index (χ4v) is 1.09. The molecule has 0 N–H and O–H groups in total. The van der Waals surface area contributed by atoms with Crippen molar-refractivity contribution in [3.05, 3.63) is 35.9 Å². The Morgan fingerprint density at radius 3 is 2.54 bits per heavy atom. The lowest BCUT2D eigenvalue weighted by atomic mass is 10.1. The third-order valence-electron chi connectivity index (χ3n) is 1.75. The van der Waals surface area contributed by atoms with Crippen LogP contribution in [-0.4, -0.2) is 16.9 Å². The zero-order valence-electron chi connectivity index (χ0n) is 7.53. The molecule has 0 aromatic heterocycles. The molecule has 0 saturated heterocycles. The molecule has 0 aliphatic rings. The Morgan fingerprint density at radius 1 is 1.38 bits per heavy atom. The van der Waals surface area contributed by atoms with Crippen molar-refractivity contribution < 1.29 is 4.79 Å². The Morgan fingerprint density at radius 2 is 2.00 bits per heavy atom. The van der Waals surface area contributed by atoms with E-state index < -0.39 is 0 Å². The maximum absolute atomic E-state index is 11.3. The fourth-order valence-electron chi connectivity index (χ4n) is 1.03. The van der Waals surface area contributed by atoms with Gasteiger partial charge in [-0.05, 0) is 12.5 Å². The van der Waals surface area contributed by atoms with Crippen molar-refractivity contribution in [3.63, 3.8) is 0 Å². The Kier molecular flexibility index (Phi) is 3.77. The molecule has 70 valence electrons. The highest BCUT2D eigenvalue weighted by Gasteiger charge is 2.08. The van der Waals surface area contributed by atoms with Gasteiger partial charge < -0.3 is 0 Å². The highest BCUT2D eigenvalue weighted by atomic mass is 35.5. The maximum Gasteiger partial charge on any atom is 0.241 e. The second-order valence-corrected chi connectivity index (χ2v) is 3.14. The molecule has 0 heterocycles. The predicted octanol–water partition coefficient (Wildman–Crippen LogP) is 2.23. The number of hydrogen-bond donors (Lipinski definition) is 0. The van der Waals surface area contributed by atoms with E-state index in [0.717, 1.165) is 5.56 Å². The van der Waals surface area contributed by atoms with Crippen molar-refractivity contribution in [1.82, 2.24) is 4.42 Å². The number of rotatable bonds is 3. The van der Waals surface area contributed by atoms with Crippen molar-refractivity contribution in [2.24, 2.45) is 0 Å². The molecule has 0 aliphatic carbocycles. The first kappa shape index (κ1) is 10.1. The molecule has 0 fully saturated rings. The molecule has 0 spiro atoms. The van der Waals surface area contributed by atoms with Crippen LogP contribution in [0.1, 0.15) is 12.5 Å². The summed E-state index contributed by atoms with van der Waals surface area (Å²) in [6.07, 6.45) is 0.373. The van der Waals surface area contributed by atoms with Crippen LogP contribution in [0.15, 0.2) is 30.3 Å². The van der Waals surface area contributed by atoms with Gasteiger partial charge in [-0.25, -0.2) is 0 Å². The van der Waals surface area contributed by atoms with Crippen molar-refractivity contribution >= 4 is 17.7 Å². The van der Waals surface area contributed by atoms with Gasteiger partial charge in [0.1, 0.15) is 0 Å². The summed E-state index contributed by atoms with van der Waals surface area (Å²) in [7, 11) is 0. The average Bonchev–Trinajstić information content (AvgIpc) is 2.18. The van der Waals surface area contributed by atoms with E-state index in [0.29, 0.717) is 13.0 Å². The van der Waals surface area contributed by atoms with Crippen LogP contribution in [0.5, 0.6) is 0 Å². The van der Waals surface area contributed by atoms with Gasteiger partial charge >= 0.3 is 0 Å². The monoisotopic (exact) mass is 197 g/mol. The Balaban J connectivity index is 2.55. The lowest BCUT2D eigenvalue weighted by molar-refractivity contribution is -0.125. The Labute approximate surface area is 83.2 Å². The Hall–Kier alpha value is -1.02. The molecule has 0 aliphatic heterocycles. The van der Waals surface area contributed by atoms with Crippen molar-refractivity contribution in [2.75, 3.05) is 6.54 Å². The SMILES string of the molecule is CCN(Cl)C(=O)Cc1ccccc1. The summed E-state index contributed by atoms with van der Waals surface area (Å²) in [5.41, 5.74) is 0.992. The number of halogens is 1. The van der Waals surface area contributed by atoms with Crippen LogP contribution in [0.4, 0.5) is 0 Å². The second-order valence-electron chi connectivity index (χ2n) is 2.73. The third kappa shape index (κ3) is 3.07. The molecular weight excluding hydrogens is 186 g/mol. The normalized spacial score (nSPS) is 9.69. The molecule has 0 unspecified atom stereocenters. The summed E-state index contributed by atoms with van der Waals surface area (Å²) in [4.78, 5) is 11.3. The van der Waals surface area contributed by atoms with Gasteiger partial charge in [0.05, 0.1) is 6.42 Å². The lowest BCUT2D eigenvalue weighted by Crippen LogP contribution is -2.22. The smallest absolute Gasteiger partial charge is 0.241 e. The van der Waals surface area contributed by atoms with Crippen molar-refractivity contribution in [2.45, 2.75) is 13.3 Å². The molecule has 13 heavy (non-hydrogen) atoms. The van der Waals surface area contributed by atoms with Crippen LogP contribution in [-0.2, 0) is 11.2 Å². The average molecular weight is 198 g/mol. The van der Waals surface area contributed by atoms with Gasteiger partial charge in [0.2, 0.25) is 5.91 Å². The van der Waals surface area contributed by atoms with Crippen molar-refractivity contribution in [1.29, 1.82) is 0 Å². The number of nitrogens with zero attached hydrogens (tertiary/aromatic N) is 1. The van der Waals surface area contributed by atoms with Gasteiger partial charge in [0.15, 0.2) is 0 Å². The maximum atomic E-state index is 11.3. The van der Waals surface area contributed by atoms with E-state index >= 15 is 0 Å². The topological polar surface area (TPSA) is 20.3 Å². The quantitative estimate of drug-likeness (QED) is 0.681. The molecule has 1 aromatic carbocycles. The molecule has 0 radical (unpaired) electrons. The van der Waals surface area contributed by atoms with E-state index in [9.17, 15) is 4.79 Å². The van der Waals surface area contributed by atoms with Gasteiger partial charge in [-0.3, -0.25) is 9.21 Å². The lowest BCUT2D eigenvalue weighted by Gasteiger charge is -2.10. The van der Waals surface area contributed by atoms with Gasteiger partial charge in [-0.2, -0.15) is 0 Å². The molecule has 0 atom stereocenters. The summed E-state index contributed by atoms with van der Waals surface area (Å²) in [5, 5.41) is 0. The molecule has 0 saturated carbocycles. The largest absolute Gasteiger partial charge is 0.273 e. The minimum Gasteiger partial charge on any atom is -0.273 e. The fraction of sp³-hybridized carbons (Fsp3) is 0.300. The van der Waals surface area contributed by atoms with E-state index in [-0.39, 0.29) is 5.91 Å². The minimum absolute atomic E-state index is 0.0598. The summed E-state index contributed by atoms with van der Waals surface area (Å²) < 4.78 is 1.20. The first-order valence-electron chi connectivity index (χ1n) is 4.24. The molecule has 1 amide bonds. The zero-order chi connectivity index (χ0) is 9.68. The third-order valence-corrected chi connectivity index (χ3v) is 2.17. The van der Waals surface area contributed by atoms with Gasteiger partial charge in [0, 0.05) is 18.3 Å². The molecular formula is C10H12ClNO. The van der Waals surface area contributed by atoms with Crippen LogP contribution >= 0.6 is 11.8 Å². The summed E-state index contributed by atoms with van der Waals surface area (Å²) >= 11 is 5.65. The van der Waals surface area contributed by atoms with Crippen LogP contribution < -0.4 is 0 Å². The molecule has 0 bridgehead atoms. The molecule has 3 heteroatoms. The minimum atomic E-state index is -0.0598. The number of carbonyl (C=O) groups excluding carboxylic acids is 1. The number of carbonyl (C=O) groups is 1. The van der Waals surface area contributed by atoms with Crippen LogP contribution in [0.25, 0.3) is 0 Å². The van der Waals surface area contributed by atoms with Gasteiger partial charge in [-0.1, -0.05) is 30.3 Å². The number of likely N-dealkylation sites (N-methyl/N-ethyl adjacent to an activating group) is 1. The van der Waals surface area contributed by atoms with E-state index in [2.05, 4.69) is 0 Å². The summed E-state index contributed by atoms with van der Waals surface area (Å²) in [6.45, 7) is 2.38. The first-order valence-corrected chi connectivity index (χ1v) is 4.58. The highest BCUT2D eigenvalue weighted by Crippen LogP contribution is 2.04. The van der Waals surface area contributed by atoms with E-state index in [1.165, 1.54) is 4.42 Å².